The summed E-state index contributed by atoms with van der Waals surface area (Å²) in [5.41, 5.74) is 7.14. The van der Waals surface area contributed by atoms with Gasteiger partial charge in [-0.2, -0.15) is 0 Å². The van der Waals surface area contributed by atoms with E-state index >= 15 is 0 Å². The number of aryl methyl sites for hydroxylation is 1. The molecule has 0 radical (unpaired) electrons. The lowest BCUT2D eigenvalue weighted by Gasteiger charge is -2.35. The van der Waals surface area contributed by atoms with Crippen LogP contribution in [0.4, 0.5) is 11.4 Å². The summed E-state index contributed by atoms with van der Waals surface area (Å²) in [4.78, 5) is 18.0. The quantitative estimate of drug-likeness (QED) is 0.424. The van der Waals surface area contributed by atoms with Gasteiger partial charge in [-0.25, -0.2) is 0 Å². The van der Waals surface area contributed by atoms with Gasteiger partial charge in [-0.15, -0.1) is 6.58 Å². The maximum Gasteiger partial charge on any atom is 0.256 e. The molecule has 1 N–H and O–H groups in total. The highest BCUT2D eigenvalue weighted by atomic mass is 16.1. The minimum atomic E-state index is -0.0891. The summed E-state index contributed by atoms with van der Waals surface area (Å²) in [5, 5.41) is 3.09. The van der Waals surface area contributed by atoms with Crippen molar-refractivity contribution in [3.63, 3.8) is 0 Å². The molecule has 34 heavy (non-hydrogen) atoms. The number of nitrogens with zero attached hydrogens (tertiary/aromatic N) is 2. The molecule has 0 aliphatic carbocycles. The van der Waals surface area contributed by atoms with Crippen LogP contribution in [0.15, 0.2) is 79.4 Å². The van der Waals surface area contributed by atoms with Crippen molar-refractivity contribution in [2.45, 2.75) is 26.7 Å². The zero-order valence-electron chi connectivity index (χ0n) is 20.6. The summed E-state index contributed by atoms with van der Waals surface area (Å²) in [6.45, 7) is 15.3. The van der Waals surface area contributed by atoms with Crippen LogP contribution in [0.5, 0.6) is 0 Å². The second-order valence-electron chi connectivity index (χ2n) is 9.40. The third-order valence-corrected chi connectivity index (χ3v) is 6.56. The van der Waals surface area contributed by atoms with Crippen LogP contribution in [-0.2, 0) is 0 Å². The largest absolute Gasteiger partial charge is 0.369 e. The van der Waals surface area contributed by atoms with Gasteiger partial charge >= 0.3 is 0 Å². The van der Waals surface area contributed by atoms with Crippen molar-refractivity contribution in [1.82, 2.24) is 4.90 Å². The Labute approximate surface area is 203 Å². The summed E-state index contributed by atoms with van der Waals surface area (Å²) in [6.07, 6.45) is 1.97. The number of carbonyl (C=O) groups is 1. The predicted octanol–water partition coefficient (Wildman–Crippen LogP) is 6.35. The highest BCUT2D eigenvalue weighted by Gasteiger charge is 2.17. The fraction of sp³-hybridized carbons (Fsp3) is 0.300. The Morgan fingerprint density at radius 3 is 2.26 bits per heavy atom. The Balaban J connectivity index is 1.47. The third kappa shape index (κ3) is 5.57. The van der Waals surface area contributed by atoms with E-state index < -0.39 is 0 Å². The Bertz CT molecular complexity index is 1120. The molecule has 1 aliphatic heterocycles. The lowest BCUT2D eigenvalue weighted by Crippen LogP contribution is -2.46. The number of hydrogen-bond acceptors (Lipinski definition) is 3. The molecule has 0 aromatic heterocycles. The molecule has 4 nitrogen and oxygen atoms in total. The SMILES string of the molecule is C=CCN1CCN(c2ccc(NC(=O)c3ccc(C)cc3-c3ccc(C(C)C)cc3)cc2)CC1. The first-order valence-electron chi connectivity index (χ1n) is 12.1. The number of piperazine rings is 1. The van der Waals surface area contributed by atoms with Crippen molar-refractivity contribution >= 4 is 17.3 Å². The fourth-order valence-corrected chi connectivity index (χ4v) is 4.47. The Kier molecular flexibility index (Phi) is 7.49. The molecule has 1 heterocycles. The van der Waals surface area contributed by atoms with Crippen molar-refractivity contribution in [2.24, 2.45) is 0 Å². The van der Waals surface area contributed by atoms with Gasteiger partial charge in [0.05, 0.1) is 0 Å². The Morgan fingerprint density at radius 2 is 1.65 bits per heavy atom. The molecule has 3 aromatic carbocycles. The molecule has 0 atom stereocenters. The number of benzene rings is 3. The fourth-order valence-electron chi connectivity index (χ4n) is 4.47. The van der Waals surface area contributed by atoms with Crippen LogP contribution >= 0.6 is 0 Å². The highest BCUT2D eigenvalue weighted by molar-refractivity contribution is 6.08. The van der Waals surface area contributed by atoms with Crippen molar-refractivity contribution in [2.75, 3.05) is 42.9 Å². The second kappa shape index (κ2) is 10.7. The molecule has 0 spiro atoms. The van der Waals surface area contributed by atoms with Crippen LogP contribution < -0.4 is 10.2 Å². The molecule has 1 fully saturated rings. The van der Waals surface area contributed by atoms with E-state index in [1.807, 2.05) is 30.3 Å². The van der Waals surface area contributed by atoms with E-state index in [2.05, 4.69) is 84.9 Å². The lowest BCUT2D eigenvalue weighted by molar-refractivity contribution is 0.102. The number of nitrogens with one attached hydrogen (secondary N) is 1. The standard InChI is InChI=1S/C30H35N3O/c1-5-16-32-17-19-33(20-18-32)27-13-11-26(12-14-27)31-30(34)28-15-6-23(4)21-29(28)25-9-7-24(8-10-25)22(2)3/h5-15,21-22H,1,16-20H2,2-4H3,(H,31,34). The van der Waals surface area contributed by atoms with E-state index in [0.29, 0.717) is 11.5 Å². The van der Waals surface area contributed by atoms with Crippen molar-refractivity contribution in [1.29, 1.82) is 0 Å². The van der Waals surface area contributed by atoms with Gasteiger partial charge in [-0.3, -0.25) is 9.69 Å². The van der Waals surface area contributed by atoms with E-state index in [4.69, 9.17) is 0 Å². The average molecular weight is 454 g/mol. The van der Waals surface area contributed by atoms with Crippen molar-refractivity contribution in [3.8, 4) is 11.1 Å². The van der Waals surface area contributed by atoms with E-state index in [-0.39, 0.29) is 5.91 Å². The van der Waals surface area contributed by atoms with Crippen LogP contribution in [0.2, 0.25) is 0 Å². The molecule has 1 saturated heterocycles. The molecule has 4 heteroatoms. The first-order valence-corrected chi connectivity index (χ1v) is 12.1. The summed E-state index contributed by atoms with van der Waals surface area (Å²) in [6, 6.07) is 22.7. The molecule has 4 rings (SSSR count). The van der Waals surface area contributed by atoms with E-state index in [0.717, 1.165) is 55.1 Å². The first kappa shape index (κ1) is 23.8. The summed E-state index contributed by atoms with van der Waals surface area (Å²) in [5.74, 6) is 0.391. The Morgan fingerprint density at radius 1 is 0.971 bits per heavy atom. The normalized spacial score (nSPS) is 14.3. The summed E-state index contributed by atoms with van der Waals surface area (Å²) < 4.78 is 0. The van der Waals surface area contributed by atoms with Crippen LogP contribution in [0.3, 0.4) is 0 Å². The van der Waals surface area contributed by atoms with E-state index in [1.54, 1.807) is 0 Å². The topological polar surface area (TPSA) is 35.6 Å². The molecule has 1 aliphatic rings. The minimum absolute atomic E-state index is 0.0891. The van der Waals surface area contributed by atoms with Gasteiger partial charge in [0.1, 0.15) is 0 Å². The molecule has 176 valence electrons. The molecular formula is C30H35N3O. The average Bonchev–Trinajstić information content (AvgIpc) is 2.85. The molecule has 0 unspecified atom stereocenters. The lowest BCUT2D eigenvalue weighted by atomic mass is 9.94. The minimum Gasteiger partial charge on any atom is -0.369 e. The van der Waals surface area contributed by atoms with Gasteiger partial charge in [0, 0.05) is 49.7 Å². The Hall–Kier alpha value is -3.37. The monoisotopic (exact) mass is 453 g/mol. The van der Waals surface area contributed by atoms with Crippen LogP contribution in [0.25, 0.3) is 11.1 Å². The zero-order chi connectivity index (χ0) is 24.1. The summed E-state index contributed by atoms with van der Waals surface area (Å²) >= 11 is 0. The number of carbonyl (C=O) groups excluding carboxylic acids is 1. The maximum atomic E-state index is 13.2. The molecular weight excluding hydrogens is 418 g/mol. The zero-order valence-corrected chi connectivity index (χ0v) is 20.6. The van der Waals surface area contributed by atoms with Gasteiger partial charge in [-0.1, -0.05) is 61.9 Å². The van der Waals surface area contributed by atoms with Crippen molar-refractivity contribution < 1.29 is 4.79 Å². The molecule has 0 saturated carbocycles. The third-order valence-electron chi connectivity index (χ3n) is 6.56. The second-order valence-corrected chi connectivity index (χ2v) is 9.40. The first-order chi connectivity index (χ1) is 16.4. The van der Waals surface area contributed by atoms with Gasteiger partial charge < -0.3 is 10.2 Å². The molecule has 0 bridgehead atoms. The predicted molar refractivity (Wildman–Crippen MR) is 144 cm³/mol. The highest BCUT2D eigenvalue weighted by Crippen LogP contribution is 2.28. The van der Waals surface area contributed by atoms with Crippen LogP contribution in [0.1, 0.15) is 41.3 Å². The summed E-state index contributed by atoms with van der Waals surface area (Å²) in [7, 11) is 0. The van der Waals surface area contributed by atoms with Crippen molar-refractivity contribution in [3.05, 3.63) is 96.1 Å². The van der Waals surface area contributed by atoms with Gasteiger partial charge in [0.25, 0.3) is 5.91 Å². The smallest absolute Gasteiger partial charge is 0.256 e. The molecule has 1 amide bonds. The van der Waals surface area contributed by atoms with E-state index in [1.165, 1.54) is 11.3 Å². The van der Waals surface area contributed by atoms with E-state index in [9.17, 15) is 4.79 Å². The van der Waals surface area contributed by atoms with Crippen LogP contribution in [0, 0.1) is 6.92 Å². The van der Waals surface area contributed by atoms with Crippen LogP contribution in [-0.4, -0.2) is 43.5 Å². The number of anilines is 2. The van der Waals surface area contributed by atoms with Gasteiger partial charge in [0.15, 0.2) is 0 Å². The van der Waals surface area contributed by atoms with Gasteiger partial charge in [-0.05, 0) is 59.9 Å². The maximum absolute atomic E-state index is 13.2. The van der Waals surface area contributed by atoms with Gasteiger partial charge in [0.2, 0.25) is 0 Å². The number of rotatable bonds is 7. The number of hydrogen-bond donors (Lipinski definition) is 1. The number of amides is 1. The molecule has 3 aromatic rings.